The standard InChI is InChI=1S/C31H21N3O/c1-18-11-14-25-24-9-6-10-27(30(24)35-31(25)32-18)29-26-16-13-22-17-21(20-7-4-3-5-8-20)12-15-23(22)28(26)33-19(2)34-29/h3-17H,1-2H3. The third kappa shape index (κ3) is 3.11. The van der Waals surface area contributed by atoms with Crippen molar-refractivity contribution in [3.05, 3.63) is 103 Å². The second-order valence-electron chi connectivity index (χ2n) is 8.97. The quantitative estimate of drug-likeness (QED) is 0.250. The fourth-order valence-corrected chi connectivity index (χ4v) is 5.01. The molecule has 7 rings (SSSR count). The zero-order chi connectivity index (χ0) is 23.5. The van der Waals surface area contributed by atoms with E-state index in [0.29, 0.717) is 5.71 Å². The highest BCUT2D eigenvalue weighted by molar-refractivity contribution is 6.14. The lowest BCUT2D eigenvalue weighted by atomic mass is 9.97. The molecule has 7 aromatic rings. The summed E-state index contributed by atoms with van der Waals surface area (Å²) in [7, 11) is 0. The molecule has 3 heterocycles. The summed E-state index contributed by atoms with van der Waals surface area (Å²) in [6.45, 7) is 3.92. The topological polar surface area (TPSA) is 51.8 Å². The van der Waals surface area contributed by atoms with Crippen LogP contribution >= 0.6 is 0 Å². The highest BCUT2D eigenvalue weighted by Crippen LogP contribution is 2.38. The van der Waals surface area contributed by atoms with Crippen molar-refractivity contribution >= 4 is 43.7 Å². The number of hydrogen-bond acceptors (Lipinski definition) is 4. The van der Waals surface area contributed by atoms with Crippen LogP contribution in [-0.4, -0.2) is 15.0 Å². The number of nitrogens with zero attached hydrogens (tertiary/aromatic N) is 3. The summed E-state index contributed by atoms with van der Waals surface area (Å²) < 4.78 is 6.29. The van der Waals surface area contributed by atoms with Crippen LogP contribution in [0.25, 0.3) is 66.1 Å². The molecule has 0 N–H and O–H groups in total. The largest absolute Gasteiger partial charge is 0.437 e. The minimum atomic E-state index is 0.654. The van der Waals surface area contributed by atoms with Gasteiger partial charge in [0, 0.05) is 32.8 Å². The number of pyridine rings is 1. The molecule has 0 saturated carbocycles. The average molecular weight is 452 g/mol. The molecule has 4 aromatic carbocycles. The van der Waals surface area contributed by atoms with E-state index in [2.05, 4.69) is 83.8 Å². The van der Waals surface area contributed by atoms with Gasteiger partial charge < -0.3 is 4.42 Å². The second-order valence-corrected chi connectivity index (χ2v) is 8.97. The van der Waals surface area contributed by atoms with Gasteiger partial charge in [-0.1, -0.05) is 60.7 Å². The molecule has 0 atom stereocenters. The van der Waals surface area contributed by atoms with Crippen LogP contribution in [0.1, 0.15) is 11.5 Å². The summed E-state index contributed by atoms with van der Waals surface area (Å²) in [6, 6.07) is 31.6. The van der Waals surface area contributed by atoms with Gasteiger partial charge in [-0.2, -0.15) is 0 Å². The van der Waals surface area contributed by atoms with Crippen molar-refractivity contribution in [3.63, 3.8) is 0 Å². The van der Waals surface area contributed by atoms with Crippen LogP contribution in [0.2, 0.25) is 0 Å². The van der Waals surface area contributed by atoms with E-state index in [1.54, 1.807) is 0 Å². The third-order valence-electron chi connectivity index (χ3n) is 6.66. The lowest BCUT2D eigenvalue weighted by molar-refractivity contribution is 0.653. The molecule has 0 fully saturated rings. The van der Waals surface area contributed by atoms with Gasteiger partial charge in [-0.3, -0.25) is 0 Å². The molecule has 0 unspecified atom stereocenters. The van der Waals surface area contributed by atoms with E-state index in [-0.39, 0.29) is 0 Å². The number of fused-ring (bicyclic) bond motifs is 6. The van der Waals surface area contributed by atoms with Crippen molar-refractivity contribution in [2.45, 2.75) is 13.8 Å². The lowest BCUT2D eigenvalue weighted by Crippen LogP contribution is -1.95. The Balaban J connectivity index is 1.49. The van der Waals surface area contributed by atoms with E-state index in [9.17, 15) is 0 Å². The maximum absolute atomic E-state index is 6.29. The summed E-state index contributed by atoms with van der Waals surface area (Å²) in [4.78, 5) is 14.4. The summed E-state index contributed by atoms with van der Waals surface area (Å²) >= 11 is 0. The Kier molecular flexibility index (Phi) is 4.24. The maximum Gasteiger partial charge on any atom is 0.227 e. The van der Waals surface area contributed by atoms with Gasteiger partial charge >= 0.3 is 0 Å². The molecule has 0 aliphatic carbocycles. The first-order valence-electron chi connectivity index (χ1n) is 11.7. The van der Waals surface area contributed by atoms with Crippen LogP contribution in [0.5, 0.6) is 0 Å². The molecule has 0 saturated heterocycles. The Bertz CT molecular complexity index is 1920. The number of hydrogen-bond donors (Lipinski definition) is 0. The fraction of sp³-hybridized carbons (Fsp3) is 0.0645. The van der Waals surface area contributed by atoms with Gasteiger partial charge in [-0.05, 0) is 60.7 Å². The number of benzene rings is 4. The average Bonchev–Trinajstić information content (AvgIpc) is 3.26. The Morgan fingerprint density at radius 1 is 0.600 bits per heavy atom. The summed E-state index contributed by atoms with van der Waals surface area (Å²) in [5.74, 6) is 0.731. The van der Waals surface area contributed by atoms with Crippen LogP contribution in [0.15, 0.2) is 95.4 Å². The highest BCUT2D eigenvalue weighted by Gasteiger charge is 2.18. The van der Waals surface area contributed by atoms with Gasteiger partial charge in [-0.25, -0.2) is 15.0 Å². The van der Waals surface area contributed by atoms with E-state index < -0.39 is 0 Å². The molecule has 0 spiro atoms. The molecule has 0 aliphatic rings. The Labute approximate surface area is 201 Å². The van der Waals surface area contributed by atoms with E-state index in [4.69, 9.17) is 14.4 Å². The van der Waals surface area contributed by atoms with Gasteiger partial charge in [0.2, 0.25) is 5.71 Å². The van der Waals surface area contributed by atoms with Gasteiger partial charge in [-0.15, -0.1) is 0 Å². The number of furan rings is 1. The zero-order valence-electron chi connectivity index (χ0n) is 19.4. The molecule has 166 valence electrons. The van der Waals surface area contributed by atoms with Crippen LogP contribution < -0.4 is 0 Å². The lowest BCUT2D eigenvalue weighted by Gasteiger charge is -2.11. The van der Waals surface area contributed by atoms with Gasteiger partial charge in [0.15, 0.2) is 0 Å². The monoisotopic (exact) mass is 451 g/mol. The van der Waals surface area contributed by atoms with Crippen molar-refractivity contribution in [2.24, 2.45) is 0 Å². The van der Waals surface area contributed by atoms with Crippen LogP contribution in [0.4, 0.5) is 0 Å². The predicted molar refractivity (Wildman–Crippen MR) is 142 cm³/mol. The molecule has 3 aromatic heterocycles. The molecule has 4 nitrogen and oxygen atoms in total. The Morgan fingerprint density at radius 2 is 1.43 bits per heavy atom. The fourth-order valence-electron chi connectivity index (χ4n) is 5.01. The predicted octanol–water partition coefficient (Wildman–Crippen LogP) is 8.03. The molecule has 0 radical (unpaired) electrons. The molecular weight excluding hydrogens is 430 g/mol. The first kappa shape index (κ1) is 19.9. The van der Waals surface area contributed by atoms with E-state index in [1.165, 1.54) is 11.1 Å². The number of aryl methyl sites for hydroxylation is 2. The summed E-state index contributed by atoms with van der Waals surface area (Å²) in [5.41, 5.74) is 7.57. The SMILES string of the molecule is Cc1ccc2c(n1)oc1c(-c3nc(C)nc4c3ccc3cc(-c5ccccc5)ccc34)cccc12. The maximum atomic E-state index is 6.29. The minimum Gasteiger partial charge on any atom is -0.437 e. The van der Waals surface area contributed by atoms with Crippen LogP contribution in [-0.2, 0) is 0 Å². The smallest absolute Gasteiger partial charge is 0.227 e. The minimum absolute atomic E-state index is 0.654. The molecule has 0 bridgehead atoms. The van der Waals surface area contributed by atoms with Crippen molar-refractivity contribution in [2.75, 3.05) is 0 Å². The molecular formula is C31H21N3O. The molecule has 4 heteroatoms. The number of rotatable bonds is 2. The Morgan fingerprint density at radius 3 is 2.31 bits per heavy atom. The Hall–Kier alpha value is -4.57. The molecule has 35 heavy (non-hydrogen) atoms. The first-order chi connectivity index (χ1) is 17.2. The first-order valence-corrected chi connectivity index (χ1v) is 11.7. The number of para-hydroxylation sites is 1. The summed E-state index contributed by atoms with van der Waals surface area (Å²) in [6.07, 6.45) is 0. The molecule has 0 amide bonds. The van der Waals surface area contributed by atoms with Gasteiger partial charge in [0.25, 0.3) is 0 Å². The van der Waals surface area contributed by atoms with Gasteiger partial charge in [0.1, 0.15) is 11.4 Å². The van der Waals surface area contributed by atoms with Crippen LogP contribution in [0, 0.1) is 13.8 Å². The van der Waals surface area contributed by atoms with Gasteiger partial charge in [0.05, 0.1) is 11.2 Å². The van der Waals surface area contributed by atoms with Crippen molar-refractivity contribution in [3.8, 4) is 22.4 Å². The zero-order valence-corrected chi connectivity index (χ0v) is 19.4. The number of aromatic nitrogens is 3. The van der Waals surface area contributed by atoms with Crippen molar-refractivity contribution < 1.29 is 4.42 Å². The van der Waals surface area contributed by atoms with E-state index in [0.717, 1.165) is 60.8 Å². The highest BCUT2D eigenvalue weighted by atomic mass is 16.3. The van der Waals surface area contributed by atoms with E-state index >= 15 is 0 Å². The van der Waals surface area contributed by atoms with Crippen molar-refractivity contribution in [1.82, 2.24) is 15.0 Å². The van der Waals surface area contributed by atoms with E-state index in [1.807, 2.05) is 26.0 Å². The van der Waals surface area contributed by atoms with Crippen LogP contribution in [0.3, 0.4) is 0 Å². The summed E-state index contributed by atoms with van der Waals surface area (Å²) in [5, 5.41) is 5.34. The normalized spacial score (nSPS) is 11.7. The third-order valence-corrected chi connectivity index (χ3v) is 6.66. The second kappa shape index (κ2) is 7.47. The molecule has 0 aliphatic heterocycles. The van der Waals surface area contributed by atoms with Crippen molar-refractivity contribution in [1.29, 1.82) is 0 Å².